The minimum Gasteiger partial charge on any atom is -0.421 e. The monoisotopic (exact) mass is 451 g/mol. The zero-order valence-corrected chi connectivity index (χ0v) is 18.5. The minimum absolute atomic E-state index is 0.0282. The lowest BCUT2D eigenvalue weighted by molar-refractivity contribution is -0.133. The third-order valence-electron chi connectivity index (χ3n) is 5.54. The smallest absolute Gasteiger partial charge is 0.247 e. The Morgan fingerprint density at radius 1 is 1.00 bits per heavy atom. The summed E-state index contributed by atoms with van der Waals surface area (Å²) in [4.78, 5) is 28.6. The van der Waals surface area contributed by atoms with Gasteiger partial charge in [-0.25, -0.2) is 4.39 Å². The van der Waals surface area contributed by atoms with Crippen LogP contribution in [0.25, 0.3) is 11.5 Å². The Bertz CT molecular complexity index is 1090. The number of carbonyl (C=O) groups excluding carboxylic acids is 2. The predicted octanol–water partition coefficient (Wildman–Crippen LogP) is 2.90. The number of piperazine rings is 1. The van der Waals surface area contributed by atoms with Gasteiger partial charge in [-0.1, -0.05) is 17.7 Å². The van der Waals surface area contributed by atoms with E-state index >= 15 is 0 Å². The molecule has 1 aliphatic rings. The quantitative estimate of drug-likeness (QED) is 0.594. The molecule has 0 unspecified atom stereocenters. The van der Waals surface area contributed by atoms with Gasteiger partial charge in [-0.2, -0.15) is 0 Å². The van der Waals surface area contributed by atoms with Crippen molar-refractivity contribution in [3.05, 3.63) is 65.8 Å². The average Bonchev–Trinajstić information content (AvgIpc) is 3.29. The molecule has 0 radical (unpaired) electrons. The zero-order valence-electron chi connectivity index (χ0n) is 18.5. The van der Waals surface area contributed by atoms with Gasteiger partial charge in [0.1, 0.15) is 5.82 Å². The van der Waals surface area contributed by atoms with Gasteiger partial charge >= 0.3 is 0 Å². The van der Waals surface area contributed by atoms with E-state index in [1.807, 2.05) is 36.1 Å². The molecule has 3 aromatic rings. The molecule has 8 nitrogen and oxygen atoms in total. The molecule has 0 atom stereocenters. The lowest BCUT2D eigenvalue weighted by atomic mass is 10.1. The van der Waals surface area contributed by atoms with Crippen molar-refractivity contribution in [3.8, 4) is 11.5 Å². The zero-order chi connectivity index (χ0) is 23.2. The van der Waals surface area contributed by atoms with Crippen molar-refractivity contribution in [3.63, 3.8) is 0 Å². The standard InChI is InChI=1S/C24H26FN5O3/c1-17-2-4-18(5-3-17)24-28-27-22(33-24)10-11-23(32)30-14-12-29(13-15-30)16-21(31)26-20-8-6-19(25)7-9-20/h2-9H,10-16H2,1H3,(H,26,31). The molecule has 9 heteroatoms. The number of nitrogens with one attached hydrogen (secondary N) is 1. The van der Waals surface area contributed by atoms with Gasteiger partial charge in [0.05, 0.1) is 6.54 Å². The molecule has 0 bridgehead atoms. The number of aromatic nitrogens is 2. The fourth-order valence-electron chi connectivity index (χ4n) is 3.63. The fourth-order valence-corrected chi connectivity index (χ4v) is 3.63. The number of aryl methyl sites for hydroxylation is 2. The van der Waals surface area contributed by atoms with Crippen LogP contribution in [0, 0.1) is 12.7 Å². The van der Waals surface area contributed by atoms with Crippen LogP contribution in [0.3, 0.4) is 0 Å². The van der Waals surface area contributed by atoms with Gasteiger partial charge in [0.2, 0.25) is 23.6 Å². The maximum Gasteiger partial charge on any atom is 0.247 e. The van der Waals surface area contributed by atoms with E-state index in [-0.39, 0.29) is 24.2 Å². The van der Waals surface area contributed by atoms with Crippen molar-refractivity contribution in [2.75, 3.05) is 38.0 Å². The second-order valence-corrected chi connectivity index (χ2v) is 8.08. The molecule has 33 heavy (non-hydrogen) atoms. The summed E-state index contributed by atoms with van der Waals surface area (Å²) in [5.41, 5.74) is 2.56. The number of carbonyl (C=O) groups is 2. The highest BCUT2D eigenvalue weighted by Gasteiger charge is 2.23. The summed E-state index contributed by atoms with van der Waals surface area (Å²) in [7, 11) is 0. The van der Waals surface area contributed by atoms with Crippen LogP contribution in [0.4, 0.5) is 10.1 Å². The number of amides is 2. The molecule has 2 amide bonds. The first-order valence-electron chi connectivity index (χ1n) is 10.9. The van der Waals surface area contributed by atoms with E-state index in [1.54, 1.807) is 4.90 Å². The Hall–Kier alpha value is -3.59. The van der Waals surface area contributed by atoms with Crippen molar-refractivity contribution in [2.24, 2.45) is 0 Å². The number of hydrogen-bond donors (Lipinski definition) is 1. The Labute approximate surface area is 191 Å². The second-order valence-electron chi connectivity index (χ2n) is 8.08. The summed E-state index contributed by atoms with van der Waals surface area (Å²) in [5, 5.41) is 10.9. The third-order valence-corrected chi connectivity index (χ3v) is 5.54. The van der Waals surface area contributed by atoms with Crippen LogP contribution in [-0.4, -0.2) is 64.5 Å². The molecule has 0 saturated carbocycles. The Balaban J connectivity index is 1.19. The molecule has 1 aromatic heterocycles. The van der Waals surface area contributed by atoms with Crippen LogP contribution in [0.5, 0.6) is 0 Å². The summed E-state index contributed by atoms with van der Waals surface area (Å²) in [6.45, 7) is 4.57. The maximum atomic E-state index is 13.0. The van der Waals surface area contributed by atoms with Gasteiger partial charge < -0.3 is 14.6 Å². The first-order chi connectivity index (χ1) is 16.0. The van der Waals surface area contributed by atoms with Crippen LogP contribution in [0.2, 0.25) is 0 Å². The number of rotatable bonds is 7. The lowest BCUT2D eigenvalue weighted by Crippen LogP contribution is -2.50. The van der Waals surface area contributed by atoms with Crippen molar-refractivity contribution >= 4 is 17.5 Å². The van der Waals surface area contributed by atoms with Gasteiger partial charge in [0.15, 0.2) is 0 Å². The van der Waals surface area contributed by atoms with Gasteiger partial charge in [-0.15, -0.1) is 10.2 Å². The molecule has 1 aliphatic heterocycles. The number of halogens is 1. The van der Waals surface area contributed by atoms with Gasteiger partial charge in [-0.05, 0) is 43.3 Å². The first kappa shape index (κ1) is 22.6. The summed E-state index contributed by atoms with van der Waals surface area (Å²) in [5.74, 6) is 0.405. The van der Waals surface area contributed by atoms with Crippen molar-refractivity contribution < 1.29 is 18.4 Å². The molecule has 1 N–H and O–H groups in total. The largest absolute Gasteiger partial charge is 0.421 e. The van der Waals surface area contributed by atoms with E-state index < -0.39 is 0 Å². The molecule has 0 aliphatic carbocycles. The average molecular weight is 452 g/mol. The predicted molar refractivity (Wildman–Crippen MR) is 121 cm³/mol. The van der Waals surface area contributed by atoms with E-state index in [0.717, 1.165) is 11.1 Å². The maximum absolute atomic E-state index is 13.0. The molecule has 172 valence electrons. The number of hydrogen-bond acceptors (Lipinski definition) is 6. The Kier molecular flexibility index (Phi) is 7.09. The Morgan fingerprint density at radius 2 is 1.70 bits per heavy atom. The highest BCUT2D eigenvalue weighted by atomic mass is 19.1. The lowest BCUT2D eigenvalue weighted by Gasteiger charge is -2.34. The molecule has 1 fully saturated rings. The summed E-state index contributed by atoms with van der Waals surface area (Å²) >= 11 is 0. The van der Waals surface area contributed by atoms with E-state index in [2.05, 4.69) is 15.5 Å². The van der Waals surface area contributed by atoms with Crippen LogP contribution in [0.15, 0.2) is 52.9 Å². The van der Waals surface area contributed by atoms with Crippen LogP contribution >= 0.6 is 0 Å². The van der Waals surface area contributed by atoms with E-state index in [9.17, 15) is 14.0 Å². The number of benzene rings is 2. The van der Waals surface area contributed by atoms with E-state index in [4.69, 9.17) is 4.42 Å². The first-order valence-corrected chi connectivity index (χ1v) is 10.9. The van der Waals surface area contributed by atoms with Gasteiger partial charge in [-0.3, -0.25) is 14.5 Å². The summed E-state index contributed by atoms with van der Waals surface area (Å²) in [6, 6.07) is 13.5. The van der Waals surface area contributed by atoms with E-state index in [1.165, 1.54) is 24.3 Å². The molecule has 2 aromatic carbocycles. The SMILES string of the molecule is Cc1ccc(-c2nnc(CCC(=O)N3CCN(CC(=O)Nc4ccc(F)cc4)CC3)o2)cc1. The van der Waals surface area contributed by atoms with Crippen LogP contribution in [-0.2, 0) is 16.0 Å². The number of anilines is 1. The topological polar surface area (TPSA) is 91.6 Å². The van der Waals surface area contributed by atoms with E-state index in [0.29, 0.717) is 56.5 Å². The minimum atomic E-state index is -0.348. The molecular formula is C24H26FN5O3. The Morgan fingerprint density at radius 3 is 2.39 bits per heavy atom. The second kappa shape index (κ2) is 10.4. The van der Waals surface area contributed by atoms with Crippen molar-refractivity contribution in [1.82, 2.24) is 20.0 Å². The molecule has 4 rings (SSSR count). The number of nitrogens with zero attached hydrogens (tertiary/aromatic N) is 4. The summed E-state index contributed by atoms with van der Waals surface area (Å²) < 4.78 is 18.7. The van der Waals surface area contributed by atoms with Gasteiger partial charge in [0.25, 0.3) is 0 Å². The highest BCUT2D eigenvalue weighted by molar-refractivity contribution is 5.92. The molecule has 2 heterocycles. The van der Waals surface area contributed by atoms with Crippen molar-refractivity contribution in [1.29, 1.82) is 0 Å². The summed E-state index contributed by atoms with van der Waals surface area (Å²) in [6.07, 6.45) is 0.679. The molecule has 0 spiro atoms. The molecule has 1 saturated heterocycles. The highest BCUT2D eigenvalue weighted by Crippen LogP contribution is 2.19. The normalized spacial score (nSPS) is 14.3. The van der Waals surface area contributed by atoms with Gasteiger partial charge in [0, 0.05) is 50.3 Å². The van der Waals surface area contributed by atoms with Crippen molar-refractivity contribution in [2.45, 2.75) is 19.8 Å². The van der Waals surface area contributed by atoms with Crippen LogP contribution in [0.1, 0.15) is 17.9 Å². The molecular weight excluding hydrogens is 425 g/mol. The van der Waals surface area contributed by atoms with Crippen LogP contribution < -0.4 is 5.32 Å². The third kappa shape index (κ3) is 6.23. The fraction of sp³-hybridized carbons (Fsp3) is 0.333.